The number of carbonyl (C=O) groups is 1. The summed E-state index contributed by atoms with van der Waals surface area (Å²) in [4.78, 5) is 14.2. The maximum atomic E-state index is 12.4. The van der Waals surface area contributed by atoms with E-state index >= 15 is 0 Å². The van der Waals surface area contributed by atoms with Crippen molar-refractivity contribution in [3.8, 4) is 17.0 Å². The molecule has 0 radical (unpaired) electrons. The molecular formula is C22H22Br2N3O2S-. The van der Waals surface area contributed by atoms with E-state index in [1.807, 2.05) is 60.9 Å². The van der Waals surface area contributed by atoms with Crippen LogP contribution in [-0.4, -0.2) is 17.1 Å². The summed E-state index contributed by atoms with van der Waals surface area (Å²) in [7, 11) is 0. The highest BCUT2D eigenvalue weighted by atomic mass is 79.9. The van der Waals surface area contributed by atoms with Crippen molar-refractivity contribution >= 4 is 33.2 Å². The molecule has 2 aromatic carbocycles. The van der Waals surface area contributed by atoms with Gasteiger partial charge >= 0.3 is 0 Å². The molecule has 0 aliphatic carbocycles. The lowest BCUT2D eigenvalue weighted by atomic mass is 10.1. The van der Waals surface area contributed by atoms with Crippen LogP contribution in [-0.2, 0) is 6.54 Å². The van der Waals surface area contributed by atoms with Crippen molar-refractivity contribution in [2.45, 2.75) is 20.4 Å². The second-order valence-electron chi connectivity index (χ2n) is 6.21. The van der Waals surface area contributed by atoms with Gasteiger partial charge in [0.2, 0.25) is 4.80 Å². The molecule has 0 aliphatic heterocycles. The largest absolute Gasteiger partial charge is 1.00 e. The van der Waals surface area contributed by atoms with E-state index in [1.165, 1.54) is 11.3 Å². The standard InChI is InChI=1S/C22H22BrN3O2S.BrH/c1-4-14-26-20(16-8-12-19(13-9-16)28-5-2)15(3)29-22(26)25-24-21(27)17-6-10-18(23)11-7-17;/h4,6-13H,1,5,14H2,2-3H3,(H,24,27);1H/p-1/b25-22-;. The summed E-state index contributed by atoms with van der Waals surface area (Å²) in [5, 5.41) is 4.38. The van der Waals surface area contributed by atoms with Crippen molar-refractivity contribution in [1.82, 2.24) is 9.99 Å². The molecule has 0 atom stereocenters. The first-order valence-electron chi connectivity index (χ1n) is 9.17. The number of carbonyl (C=O) groups excluding carboxylic acids is 1. The Labute approximate surface area is 199 Å². The zero-order chi connectivity index (χ0) is 20.8. The SMILES string of the molecule is C=CCn1c(-c2ccc(OCC)cc2)c(C)s/c1=N\NC(=O)c1ccc(Br)cc1.[Br-]. The van der Waals surface area contributed by atoms with Gasteiger partial charge in [-0.25, -0.2) is 5.43 Å². The van der Waals surface area contributed by atoms with E-state index < -0.39 is 0 Å². The summed E-state index contributed by atoms with van der Waals surface area (Å²) in [6, 6.07) is 15.1. The zero-order valence-electron chi connectivity index (χ0n) is 16.7. The first kappa shape index (κ1) is 24.1. The van der Waals surface area contributed by atoms with Crippen LogP contribution in [0.4, 0.5) is 0 Å². The molecule has 1 aromatic heterocycles. The number of benzene rings is 2. The van der Waals surface area contributed by atoms with Crippen LogP contribution in [0.1, 0.15) is 22.2 Å². The van der Waals surface area contributed by atoms with Crippen LogP contribution in [0.15, 0.2) is 70.8 Å². The van der Waals surface area contributed by atoms with E-state index in [9.17, 15) is 4.79 Å². The number of amides is 1. The Kier molecular flexibility index (Phi) is 9.08. The third-order valence-electron chi connectivity index (χ3n) is 4.19. The first-order chi connectivity index (χ1) is 14.0. The molecule has 0 aliphatic rings. The zero-order valence-corrected chi connectivity index (χ0v) is 20.7. The minimum absolute atomic E-state index is 0. The Bertz CT molecular complexity index is 1070. The van der Waals surface area contributed by atoms with Gasteiger partial charge in [-0.15, -0.1) is 11.7 Å². The summed E-state index contributed by atoms with van der Waals surface area (Å²) in [6.45, 7) is 9.09. The fraction of sp³-hybridized carbons (Fsp3) is 0.182. The predicted octanol–water partition coefficient (Wildman–Crippen LogP) is 2.12. The van der Waals surface area contributed by atoms with Crippen molar-refractivity contribution < 1.29 is 26.5 Å². The normalized spacial score (nSPS) is 11.0. The van der Waals surface area contributed by atoms with E-state index in [0.717, 1.165) is 26.4 Å². The smallest absolute Gasteiger partial charge is 0.271 e. The van der Waals surface area contributed by atoms with E-state index in [4.69, 9.17) is 4.74 Å². The summed E-state index contributed by atoms with van der Waals surface area (Å²) < 4.78 is 8.50. The number of rotatable bonds is 7. The number of ether oxygens (including phenoxy) is 1. The molecular weight excluding hydrogens is 530 g/mol. The lowest BCUT2D eigenvalue weighted by Gasteiger charge is -2.09. The van der Waals surface area contributed by atoms with Gasteiger partial charge in [0.1, 0.15) is 5.75 Å². The summed E-state index contributed by atoms with van der Waals surface area (Å²) in [5.41, 5.74) is 5.32. The van der Waals surface area contributed by atoms with Crippen molar-refractivity contribution in [2.24, 2.45) is 5.10 Å². The number of thiazole rings is 1. The minimum atomic E-state index is -0.253. The van der Waals surface area contributed by atoms with Crippen LogP contribution >= 0.6 is 27.3 Å². The monoisotopic (exact) mass is 550 g/mol. The van der Waals surface area contributed by atoms with Crippen molar-refractivity contribution in [1.29, 1.82) is 0 Å². The van der Waals surface area contributed by atoms with Gasteiger partial charge in [-0.3, -0.25) is 4.79 Å². The molecule has 0 unspecified atom stereocenters. The molecule has 5 nitrogen and oxygen atoms in total. The lowest BCUT2D eigenvalue weighted by molar-refractivity contribution is -0.0000145. The third-order valence-corrected chi connectivity index (χ3v) is 5.71. The molecule has 3 aromatic rings. The molecule has 158 valence electrons. The molecule has 1 heterocycles. The average Bonchev–Trinajstić information content (AvgIpc) is 3.03. The highest BCUT2D eigenvalue weighted by Crippen LogP contribution is 2.27. The Morgan fingerprint density at radius 2 is 1.90 bits per heavy atom. The minimum Gasteiger partial charge on any atom is -1.00 e. The second-order valence-corrected chi connectivity index (χ2v) is 8.30. The van der Waals surface area contributed by atoms with E-state index in [-0.39, 0.29) is 22.9 Å². The van der Waals surface area contributed by atoms with Crippen LogP contribution in [0.2, 0.25) is 0 Å². The quantitative estimate of drug-likeness (QED) is 0.361. The highest BCUT2D eigenvalue weighted by Gasteiger charge is 2.13. The van der Waals surface area contributed by atoms with Crippen LogP contribution in [0, 0.1) is 6.92 Å². The number of nitrogens with zero attached hydrogens (tertiary/aromatic N) is 2. The van der Waals surface area contributed by atoms with Gasteiger partial charge in [-0.1, -0.05) is 33.3 Å². The molecule has 0 saturated heterocycles. The number of halogens is 2. The average molecular weight is 552 g/mol. The van der Waals surface area contributed by atoms with Crippen LogP contribution in [0.25, 0.3) is 11.3 Å². The predicted molar refractivity (Wildman–Crippen MR) is 121 cm³/mol. The summed E-state index contributed by atoms with van der Waals surface area (Å²) >= 11 is 4.89. The van der Waals surface area contributed by atoms with E-state index in [0.29, 0.717) is 23.5 Å². The molecule has 1 N–H and O–H groups in total. The van der Waals surface area contributed by atoms with Gasteiger partial charge < -0.3 is 26.3 Å². The summed E-state index contributed by atoms with van der Waals surface area (Å²) in [5.74, 6) is 0.586. The molecule has 30 heavy (non-hydrogen) atoms. The topological polar surface area (TPSA) is 55.6 Å². The Hall–Kier alpha value is -2.16. The van der Waals surface area contributed by atoms with Gasteiger partial charge in [0.05, 0.1) is 12.3 Å². The first-order valence-corrected chi connectivity index (χ1v) is 10.8. The molecule has 0 fully saturated rings. The van der Waals surface area contributed by atoms with Crippen molar-refractivity contribution in [3.63, 3.8) is 0 Å². The highest BCUT2D eigenvalue weighted by molar-refractivity contribution is 9.10. The fourth-order valence-electron chi connectivity index (χ4n) is 2.91. The number of aromatic nitrogens is 1. The van der Waals surface area contributed by atoms with Crippen molar-refractivity contribution in [3.05, 3.63) is 80.9 Å². The van der Waals surface area contributed by atoms with E-state index in [1.54, 1.807) is 12.1 Å². The molecule has 8 heteroatoms. The maximum Gasteiger partial charge on any atom is 0.271 e. The summed E-state index contributed by atoms with van der Waals surface area (Å²) in [6.07, 6.45) is 1.82. The van der Waals surface area contributed by atoms with Gasteiger partial charge in [0.25, 0.3) is 5.91 Å². The lowest BCUT2D eigenvalue weighted by Crippen LogP contribution is -3.00. The van der Waals surface area contributed by atoms with Crippen LogP contribution in [0.5, 0.6) is 5.75 Å². The van der Waals surface area contributed by atoms with E-state index in [2.05, 4.69) is 33.0 Å². The Balaban J connectivity index is 0.00000320. The van der Waals surface area contributed by atoms with Gasteiger partial charge in [-0.05, 0) is 67.9 Å². The van der Waals surface area contributed by atoms with Gasteiger partial charge in [-0.2, -0.15) is 0 Å². The molecule has 0 saturated carbocycles. The maximum absolute atomic E-state index is 12.4. The fourth-order valence-corrected chi connectivity index (χ4v) is 4.14. The number of nitrogens with one attached hydrogen (secondary N) is 1. The van der Waals surface area contributed by atoms with Gasteiger partial charge in [0, 0.05) is 21.5 Å². The molecule has 0 spiro atoms. The third kappa shape index (κ3) is 5.71. The van der Waals surface area contributed by atoms with Crippen molar-refractivity contribution in [2.75, 3.05) is 6.61 Å². The van der Waals surface area contributed by atoms with Crippen LogP contribution in [0.3, 0.4) is 0 Å². The van der Waals surface area contributed by atoms with Gasteiger partial charge in [0.15, 0.2) is 0 Å². The molecule has 3 rings (SSSR count). The van der Waals surface area contributed by atoms with Crippen LogP contribution < -0.4 is 31.9 Å². The molecule has 0 bridgehead atoms. The number of aryl methyl sites for hydroxylation is 1. The number of allylic oxidation sites excluding steroid dienone is 1. The Morgan fingerprint density at radius 3 is 2.50 bits per heavy atom. The Morgan fingerprint density at radius 1 is 1.23 bits per heavy atom. The second kappa shape index (κ2) is 11.3. The number of hydrogen-bond donors (Lipinski definition) is 1. The number of hydrogen-bond acceptors (Lipinski definition) is 4. The molecule has 1 amide bonds.